The highest BCUT2D eigenvalue weighted by molar-refractivity contribution is 8.01. The van der Waals surface area contributed by atoms with E-state index in [4.69, 9.17) is 4.74 Å². The number of thiazole rings is 1. The second-order valence-electron chi connectivity index (χ2n) is 6.14. The van der Waals surface area contributed by atoms with E-state index in [0.717, 1.165) is 38.7 Å². The summed E-state index contributed by atoms with van der Waals surface area (Å²) in [6, 6.07) is 11.4. The maximum atomic E-state index is 11.6. The lowest BCUT2D eigenvalue weighted by atomic mass is 10.2. The number of nitrogens with zero attached hydrogens (tertiary/aromatic N) is 3. The summed E-state index contributed by atoms with van der Waals surface area (Å²) < 4.78 is 5.19. The number of rotatable bonds is 7. The highest BCUT2D eigenvalue weighted by Crippen LogP contribution is 2.35. The molecule has 28 heavy (non-hydrogen) atoms. The molecule has 2 aromatic heterocycles. The van der Waals surface area contributed by atoms with Crippen molar-refractivity contribution in [3.8, 4) is 26.9 Å². The van der Waals surface area contributed by atoms with E-state index in [2.05, 4.69) is 15.2 Å². The maximum Gasteiger partial charge on any atom is 0.150 e. The van der Waals surface area contributed by atoms with Gasteiger partial charge in [0.2, 0.25) is 0 Å². The van der Waals surface area contributed by atoms with Crippen LogP contribution in [0, 0.1) is 6.92 Å². The molecule has 0 spiro atoms. The molecule has 0 atom stereocenters. The molecule has 0 amide bonds. The van der Waals surface area contributed by atoms with Gasteiger partial charge in [-0.1, -0.05) is 11.8 Å². The van der Waals surface area contributed by atoms with Crippen molar-refractivity contribution in [2.24, 2.45) is 0 Å². The van der Waals surface area contributed by atoms with Crippen LogP contribution in [0.4, 0.5) is 0 Å². The van der Waals surface area contributed by atoms with Gasteiger partial charge in [-0.2, -0.15) is 0 Å². The molecule has 2 heterocycles. The Kier molecular flexibility index (Phi) is 6.21. The van der Waals surface area contributed by atoms with Gasteiger partial charge < -0.3 is 4.74 Å². The number of Topliss-reactive ketones (excluding diaryl/α,β-unsaturated/α-hetero) is 2. The predicted molar refractivity (Wildman–Crippen MR) is 111 cm³/mol. The van der Waals surface area contributed by atoms with Gasteiger partial charge in [0.05, 0.1) is 17.7 Å². The van der Waals surface area contributed by atoms with E-state index < -0.39 is 5.25 Å². The Balaban J connectivity index is 1.83. The number of aromatic nitrogens is 3. The van der Waals surface area contributed by atoms with E-state index in [1.165, 1.54) is 25.2 Å². The maximum absolute atomic E-state index is 11.6. The standard InChI is InChI=1S/C20H19N3O3S2/c1-11-18(28-20(21-11)14-5-7-15(26-4)8-6-14)16-9-10-17(23-22-16)27-19(12(2)24)13(3)25/h5-10,19H,1-4H3. The van der Waals surface area contributed by atoms with Gasteiger partial charge in [-0.3, -0.25) is 9.59 Å². The third-order valence-corrected chi connectivity index (χ3v) is 6.57. The average molecular weight is 414 g/mol. The van der Waals surface area contributed by atoms with Crippen molar-refractivity contribution in [2.45, 2.75) is 31.0 Å². The fourth-order valence-corrected chi connectivity index (χ4v) is 4.41. The van der Waals surface area contributed by atoms with Crippen LogP contribution in [0.15, 0.2) is 41.4 Å². The summed E-state index contributed by atoms with van der Waals surface area (Å²) in [6.45, 7) is 4.75. The van der Waals surface area contributed by atoms with Crippen molar-refractivity contribution >= 4 is 34.7 Å². The van der Waals surface area contributed by atoms with E-state index in [-0.39, 0.29) is 11.6 Å². The van der Waals surface area contributed by atoms with Crippen molar-refractivity contribution < 1.29 is 14.3 Å². The predicted octanol–water partition coefficient (Wildman–Crippen LogP) is 4.22. The van der Waals surface area contributed by atoms with Crippen LogP contribution in [-0.4, -0.2) is 39.1 Å². The van der Waals surface area contributed by atoms with Crippen LogP contribution in [0.1, 0.15) is 19.5 Å². The number of methoxy groups -OCH3 is 1. The highest BCUT2D eigenvalue weighted by atomic mass is 32.2. The summed E-state index contributed by atoms with van der Waals surface area (Å²) in [5.41, 5.74) is 2.59. The van der Waals surface area contributed by atoms with Crippen molar-refractivity contribution in [1.29, 1.82) is 0 Å². The molecule has 0 N–H and O–H groups in total. The number of carbonyl (C=O) groups is 2. The Morgan fingerprint density at radius 2 is 1.71 bits per heavy atom. The minimum atomic E-state index is -0.744. The second-order valence-corrected chi connectivity index (χ2v) is 8.26. The fraction of sp³-hybridized carbons (Fsp3) is 0.250. The first-order valence-electron chi connectivity index (χ1n) is 8.52. The molecular formula is C20H19N3O3S2. The smallest absolute Gasteiger partial charge is 0.150 e. The lowest BCUT2D eigenvalue weighted by Crippen LogP contribution is -2.22. The molecule has 3 aromatic rings. The van der Waals surface area contributed by atoms with Gasteiger partial charge in [0.15, 0.2) is 11.6 Å². The minimum Gasteiger partial charge on any atom is -0.497 e. The van der Waals surface area contributed by atoms with Crippen LogP contribution >= 0.6 is 23.1 Å². The van der Waals surface area contributed by atoms with Gasteiger partial charge in [0.25, 0.3) is 0 Å². The largest absolute Gasteiger partial charge is 0.497 e. The lowest BCUT2D eigenvalue weighted by Gasteiger charge is -2.08. The summed E-state index contributed by atoms with van der Waals surface area (Å²) >= 11 is 2.66. The zero-order valence-electron chi connectivity index (χ0n) is 15.9. The number of benzene rings is 1. The molecule has 0 aliphatic rings. The minimum absolute atomic E-state index is 0.189. The van der Waals surface area contributed by atoms with E-state index in [9.17, 15) is 9.59 Å². The molecule has 0 bridgehead atoms. The van der Waals surface area contributed by atoms with Crippen LogP contribution in [0.25, 0.3) is 21.1 Å². The number of ketones is 2. The van der Waals surface area contributed by atoms with Gasteiger partial charge in [0, 0.05) is 5.56 Å². The molecule has 0 saturated heterocycles. The zero-order valence-corrected chi connectivity index (χ0v) is 17.6. The first-order valence-corrected chi connectivity index (χ1v) is 10.2. The summed E-state index contributed by atoms with van der Waals surface area (Å²) in [5.74, 6) is 0.419. The SMILES string of the molecule is COc1ccc(-c2nc(C)c(-c3ccc(SC(C(C)=O)C(C)=O)nn3)s2)cc1. The zero-order chi connectivity index (χ0) is 20.3. The number of hydrogen-bond acceptors (Lipinski definition) is 8. The Hall–Kier alpha value is -2.58. The molecule has 0 radical (unpaired) electrons. The fourth-order valence-electron chi connectivity index (χ4n) is 2.57. The van der Waals surface area contributed by atoms with Gasteiger partial charge in [0.1, 0.15) is 26.7 Å². The molecule has 0 unspecified atom stereocenters. The van der Waals surface area contributed by atoms with Crippen molar-refractivity contribution in [1.82, 2.24) is 15.2 Å². The second kappa shape index (κ2) is 8.62. The van der Waals surface area contributed by atoms with Crippen LogP contribution in [0.2, 0.25) is 0 Å². The van der Waals surface area contributed by atoms with Crippen LogP contribution < -0.4 is 4.74 Å². The van der Waals surface area contributed by atoms with Crippen molar-refractivity contribution in [3.63, 3.8) is 0 Å². The van der Waals surface area contributed by atoms with Gasteiger partial charge in [-0.25, -0.2) is 4.98 Å². The molecule has 8 heteroatoms. The first-order chi connectivity index (χ1) is 13.4. The normalized spacial score (nSPS) is 10.9. The Bertz CT molecular complexity index is 985. The summed E-state index contributed by atoms with van der Waals surface area (Å²) in [4.78, 5) is 28.8. The Morgan fingerprint density at radius 1 is 1.04 bits per heavy atom. The number of ether oxygens (including phenoxy) is 1. The molecule has 6 nitrogen and oxygen atoms in total. The Labute approximate surface area is 171 Å². The topological polar surface area (TPSA) is 82.0 Å². The molecule has 0 fully saturated rings. The van der Waals surface area contributed by atoms with E-state index in [1.807, 2.05) is 37.3 Å². The van der Waals surface area contributed by atoms with Gasteiger partial charge in [-0.15, -0.1) is 21.5 Å². The van der Waals surface area contributed by atoms with Crippen molar-refractivity contribution in [2.75, 3.05) is 7.11 Å². The quantitative estimate of drug-likeness (QED) is 0.423. The number of carbonyl (C=O) groups excluding carboxylic acids is 2. The number of thioether (sulfide) groups is 1. The molecule has 144 valence electrons. The lowest BCUT2D eigenvalue weighted by molar-refractivity contribution is -0.123. The summed E-state index contributed by atoms with van der Waals surface area (Å²) in [6.07, 6.45) is 0. The summed E-state index contributed by atoms with van der Waals surface area (Å²) in [7, 11) is 1.64. The third-order valence-electron chi connectivity index (χ3n) is 3.98. The molecule has 0 saturated carbocycles. The third kappa shape index (κ3) is 4.45. The number of aryl methyl sites for hydroxylation is 1. The molecule has 1 aromatic carbocycles. The van der Waals surface area contributed by atoms with E-state index in [1.54, 1.807) is 13.2 Å². The Morgan fingerprint density at radius 3 is 2.25 bits per heavy atom. The van der Waals surface area contributed by atoms with Gasteiger partial charge in [-0.05, 0) is 57.2 Å². The molecule has 0 aliphatic carbocycles. The van der Waals surface area contributed by atoms with Crippen molar-refractivity contribution in [3.05, 3.63) is 42.1 Å². The molecule has 3 rings (SSSR count). The van der Waals surface area contributed by atoms with Gasteiger partial charge >= 0.3 is 0 Å². The number of hydrogen-bond donors (Lipinski definition) is 0. The van der Waals surface area contributed by atoms with Crippen LogP contribution in [-0.2, 0) is 9.59 Å². The first kappa shape index (κ1) is 20.2. The monoisotopic (exact) mass is 413 g/mol. The average Bonchev–Trinajstić information content (AvgIpc) is 3.08. The summed E-state index contributed by atoms with van der Waals surface area (Å²) in [5, 5.41) is 9.14. The van der Waals surface area contributed by atoms with Crippen LogP contribution in [0.3, 0.4) is 0 Å². The molecule has 0 aliphatic heterocycles. The van der Waals surface area contributed by atoms with Crippen LogP contribution in [0.5, 0.6) is 5.75 Å². The molecular weight excluding hydrogens is 394 g/mol. The highest BCUT2D eigenvalue weighted by Gasteiger charge is 2.22. The van der Waals surface area contributed by atoms with E-state index in [0.29, 0.717) is 10.7 Å². The van der Waals surface area contributed by atoms with E-state index >= 15 is 0 Å².